The van der Waals surface area contributed by atoms with E-state index in [4.69, 9.17) is 25.8 Å². The van der Waals surface area contributed by atoms with E-state index in [1.165, 1.54) is 13.3 Å². The van der Waals surface area contributed by atoms with Gasteiger partial charge in [-0.3, -0.25) is 9.59 Å². The molecule has 0 bridgehead atoms. The Balaban J connectivity index is 1.51. The molecule has 0 aromatic heterocycles. The highest BCUT2D eigenvalue weighted by molar-refractivity contribution is 6.30. The van der Waals surface area contributed by atoms with E-state index in [9.17, 15) is 14.4 Å². The van der Waals surface area contributed by atoms with Gasteiger partial charge < -0.3 is 19.5 Å². The number of unbranched alkanes of at least 4 members (excludes halogenated alkanes) is 1. The molecule has 0 radical (unpaired) electrons. The summed E-state index contributed by atoms with van der Waals surface area (Å²) in [5, 5.41) is 6.89. The van der Waals surface area contributed by atoms with Crippen molar-refractivity contribution in [2.75, 3.05) is 20.3 Å². The lowest BCUT2D eigenvalue weighted by atomic mass is 10.2. The molecular weight excluding hydrogens is 510 g/mol. The molecule has 198 valence electrons. The summed E-state index contributed by atoms with van der Waals surface area (Å²) in [7, 11) is 1.45. The third-order valence-corrected chi connectivity index (χ3v) is 5.42. The number of benzene rings is 3. The maximum absolute atomic E-state index is 12.6. The van der Waals surface area contributed by atoms with Gasteiger partial charge >= 0.3 is 5.97 Å². The molecule has 10 heteroatoms. The van der Waals surface area contributed by atoms with Crippen molar-refractivity contribution in [3.8, 4) is 17.2 Å². The Labute approximate surface area is 225 Å². The van der Waals surface area contributed by atoms with Gasteiger partial charge in [0.05, 0.1) is 32.0 Å². The molecule has 0 fully saturated rings. The van der Waals surface area contributed by atoms with E-state index < -0.39 is 17.8 Å². The standard InChI is InChI=1S/C28H28ClN3O6/c1-3-4-15-37-23-12-8-21(9-13-23)28(35)38-24-14-5-19(16-25(24)36-2)17-31-32-26(33)18-30-27(34)20-6-10-22(29)11-7-20/h5-14,16-17H,3-4,15,18H2,1-2H3,(H,30,34)(H,32,33)/b31-17+. The summed E-state index contributed by atoms with van der Waals surface area (Å²) in [6.45, 7) is 2.45. The van der Waals surface area contributed by atoms with Gasteiger partial charge in [0, 0.05) is 10.6 Å². The Morgan fingerprint density at radius 2 is 1.66 bits per heavy atom. The monoisotopic (exact) mass is 537 g/mol. The number of hydrazone groups is 1. The Morgan fingerprint density at radius 1 is 0.947 bits per heavy atom. The normalized spacial score (nSPS) is 10.6. The van der Waals surface area contributed by atoms with Gasteiger partial charge in [-0.25, -0.2) is 10.2 Å². The number of nitrogens with zero attached hydrogens (tertiary/aromatic N) is 1. The van der Waals surface area contributed by atoms with Crippen LogP contribution in [0.2, 0.25) is 5.02 Å². The molecular formula is C28H28ClN3O6. The number of esters is 1. The number of amides is 2. The van der Waals surface area contributed by atoms with Crippen LogP contribution in [0.1, 0.15) is 46.0 Å². The SMILES string of the molecule is CCCCOc1ccc(C(=O)Oc2ccc(/C=N/NC(=O)CNC(=O)c3ccc(Cl)cc3)cc2OC)cc1. The largest absolute Gasteiger partial charge is 0.494 e. The lowest BCUT2D eigenvalue weighted by Crippen LogP contribution is -2.34. The molecule has 0 saturated heterocycles. The van der Waals surface area contributed by atoms with Crippen LogP contribution in [0, 0.1) is 0 Å². The molecule has 2 N–H and O–H groups in total. The van der Waals surface area contributed by atoms with Crippen LogP contribution in [0.4, 0.5) is 0 Å². The van der Waals surface area contributed by atoms with E-state index in [2.05, 4.69) is 22.8 Å². The zero-order valence-corrected chi connectivity index (χ0v) is 21.8. The number of hydrogen-bond donors (Lipinski definition) is 2. The third-order valence-electron chi connectivity index (χ3n) is 5.17. The van der Waals surface area contributed by atoms with E-state index in [1.807, 2.05) is 0 Å². The number of carbonyl (C=O) groups is 3. The van der Waals surface area contributed by atoms with Gasteiger partial charge in [-0.1, -0.05) is 24.9 Å². The zero-order valence-electron chi connectivity index (χ0n) is 21.0. The molecule has 0 aliphatic carbocycles. The highest BCUT2D eigenvalue weighted by Crippen LogP contribution is 2.28. The fourth-order valence-electron chi connectivity index (χ4n) is 3.11. The molecule has 0 spiro atoms. The van der Waals surface area contributed by atoms with Gasteiger partial charge in [-0.15, -0.1) is 0 Å². The molecule has 0 saturated carbocycles. The molecule has 3 rings (SSSR count). The molecule has 0 heterocycles. The van der Waals surface area contributed by atoms with Crippen LogP contribution in [-0.2, 0) is 4.79 Å². The van der Waals surface area contributed by atoms with Crippen LogP contribution in [-0.4, -0.2) is 44.3 Å². The fraction of sp³-hybridized carbons (Fsp3) is 0.214. The van der Waals surface area contributed by atoms with Crippen LogP contribution < -0.4 is 25.0 Å². The Morgan fingerprint density at radius 3 is 2.34 bits per heavy atom. The second-order valence-electron chi connectivity index (χ2n) is 8.01. The number of nitrogens with one attached hydrogen (secondary N) is 2. The minimum atomic E-state index is -0.544. The van der Waals surface area contributed by atoms with Crippen molar-refractivity contribution >= 4 is 35.6 Å². The molecule has 3 aromatic rings. The number of halogens is 1. The lowest BCUT2D eigenvalue weighted by Gasteiger charge is -2.10. The lowest BCUT2D eigenvalue weighted by molar-refractivity contribution is -0.120. The fourth-order valence-corrected chi connectivity index (χ4v) is 3.24. The number of rotatable bonds is 12. The van der Waals surface area contributed by atoms with Gasteiger partial charge in [-0.05, 0) is 78.7 Å². The summed E-state index contributed by atoms with van der Waals surface area (Å²) in [6.07, 6.45) is 3.39. The smallest absolute Gasteiger partial charge is 0.343 e. The second-order valence-corrected chi connectivity index (χ2v) is 8.45. The van der Waals surface area contributed by atoms with E-state index in [-0.39, 0.29) is 12.3 Å². The summed E-state index contributed by atoms with van der Waals surface area (Å²) in [5.74, 6) is -0.241. The third kappa shape index (κ3) is 8.63. The first-order valence-corrected chi connectivity index (χ1v) is 12.3. The highest BCUT2D eigenvalue weighted by Gasteiger charge is 2.13. The summed E-state index contributed by atoms with van der Waals surface area (Å²) >= 11 is 5.80. The van der Waals surface area contributed by atoms with Crippen molar-refractivity contribution < 1.29 is 28.6 Å². The quantitative estimate of drug-likeness (QED) is 0.114. The van der Waals surface area contributed by atoms with E-state index in [0.29, 0.717) is 39.8 Å². The van der Waals surface area contributed by atoms with Crippen molar-refractivity contribution in [1.29, 1.82) is 0 Å². The molecule has 0 aliphatic heterocycles. The van der Waals surface area contributed by atoms with Gasteiger partial charge in [0.1, 0.15) is 5.75 Å². The summed E-state index contributed by atoms with van der Waals surface area (Å²) in [6, 6.07) is 17.8. The van der Waals surface area contributed by atoms with Gasteiger partial charge in [0.25, 0.3) is 11.8 Å². The average molecular weight is 538 g/mol. The van der Waals surface area contributed by atoms with Crippen LogP contribution in [0.15, 0.2) is 71.8 Å². The average Bonchev–Trinajstić information content (AvgIpc) is 2.93. The van der Waals surface area contributed by atoms with Crippen molar-refractivity contribution in [3.05, 3.63) is 88.4 Å². The Hall–Kier alpha value is -4.37. The molecule has 38 heavy (non-hydrogen) atoms. The Bertz CT molecular complexity index is 1280. The number of carbonyl (C=O) groups excluding carboxylic acids is 3. The van der Waals surface area contributed by atoms with Crippen LogP contribution in [0.3, 0.4) is 0 Å². The van der Waals surface area contributed by atoms with E-state index in [0.717, 1.165) is 12.8 Å². The first-order chi connectivity index (χ1) is 18.4. The van der Waals surface area contributed by atoms with E-state index >= 15 is 0 Å². The van der Waals surface area contributed by atoms with Crippen molar-refractivity contribution in [1.82, 2.24) is 10.7 Å². The number of methoxy groups -OCH3 is 1. The summed E-state index contributed by atoms with van der Waals surface area (Å²) in [4.78, 5) is 36.6. The van der Waals surface area contributed by atoms with Crippen LogP contribution in [0.25, 0.3) is 0 Å². The summed E-state index contributed by atoms with van der Waals surface area (Å²) in [5.41, 5.74) is 3.66. The minimum Gasteiger partial charge on any atom is -0.494 e. The molecule has 3 aromatic carbocycles. The first kappa shape index (κ1) is 28.2. The minimum absolute atomic E-state index is 0.229. The van der Waals surface area contributed by atoms with Crippen LogP contribution in [0.5, 0.6) is 17.2 Å². The van der Waals surface area contributed by atoms with Gasteiger partial charge in [-0.2, -0.15) is 5.10 Å². The number of ether oxygens (including phenoxy) is 3. The zero-order chi connectivity index (χ0) is 27.3. The topological polar surface area (TPSA) is 115 Å². The molecule has 0 aliphatic rings. The van der Waals surface area contributed by atoms with Crippen molar-refractivity contribution in [3.63, 3.8) is 0 Å². The predicted octanol–water partition coefficient (Wildman–Crippen LogP) is 4.63. The maximum Gasteiger partial charge on any atom is 0.343 e. The second kappa shape index (κ2) is 14.4. The van der Waals surface area contributed by atoms with Gasteiger partial charge in [0.15, 0.2) is 11.5 Å². The van der Waals surface area contributed by atoms with Gasteiger partial charge in [0.2, 0.25) is 0 Å². The van der Waals surface area contributed by atoms with E-state index in [1.54, 1.807) is 66.7 Å². The predicted molar refractivity (Wildman–Crippen MR) is 144 cm³/mol. The summed E-state index contributed by atoms with van der Waals surface area (Å²) < 4.78 is 16.4. The van der Waals surface area contributed by atoms with Crippen molar-refractivity contribution in [2.24, 2.45) is 5.10 Å². The first-order valence-electron chi connectivity index (χ1n) is 11.9. The molecule has 2 amide bonds. The Kier molecular flexibility index (Phi) is 10.7. The highest BCUT2D eigenvalue weighted by atomic mass is 35.5. The molecule has 0 unspecified atom stereocenters. The number of hydrogen-bond acceptors (Lipinski definition) is 7. The van der Waals surface area contributed by atoms with Crippen molar-refractivity contribution in [2.45, 2.75) is 19.8 Å². The molecule has 9 nitrogen and oxygen atoms in total. The van der Waals surface area contributed by atoms with Crippen LogP contribution >= 0.6 is 11.6 Å². The molecule has 0 atom stereocenters. The maximum atomic E-state index is 12.6.